The van der Waals surface area contributed by atoms with E-state index in [1.165, 1.54) is 47.4 Å². The maximum Gasteiger partial charge on any atom is 0.417 e. The molecule has 0 aliphatic carbocycles. The summed E-state index contributed by atoms with van der Waals surface area (Å²) < 4.78 is 81.3. The van der Waals surface area contributed by atoms with E-state index >= 15 is 0 Å². The van der Waals surface area contributed by atoms with Gasteiger partial charge in [-0.3, -0.25) is 19.2 Å². The van der Waals surface area contributed by atoms with Crippen LogP contribution >= 0.6 is 0 Å². The Bertz CT molecular complexity index is 2730. The Kier molecular flexibility index (Phi) is 14.1. The predicted octanol–water partition coefficient (Wildman–Crippen LogP) is 5.84. The maximum absolute atomic E-state index is 14.9. The highest BCUT2D eigenvalue weighted by molar-refractivity contribution is 7.91. The Hall–Kier alpha value is -6.45. The first-order chi connectivity index (χ1) is 29.9. The van der Waals surface area contributed by atoms with E-state index in [1.807, 2.05) is 0 Å². The second-order valence-corrected chi connectivity index (χ2v) is 17.6. The number of fused-ring (bicyclic) bond motifs is 1. The van der Waals surface area contributed by atoms with Crippen molar-refractivity contribution in [1.29, 1.82) is 5.26 Å². The minimum atomic E-state index is -4.85. The highest BCUT2D eigenvalue weighted by Gasteiger charge is 2.38. The van der Waals surface area contributed by atoms with Gasteiger partial charge in [0.15, 0.2) is 15.6 Å². The van der Waals surface area contributed by atoms with E-state index in [2.05, 4.69) is 15.5 Å². The molecule has 5 aromatic rings. The first kappa shape index (κ1) is 46.1. The standard InChI is InChI=1S/C45H44F4N6O7S/c1-44(60,40(56)26-30-10-12-31(27-50)37(24-30)45(47,48)49)28-63(61,62)33-15-13-32(14-16-33)51-18-6-2-3-9-41(57)54-19-21-55(22-20-54)43(59)36-23-29(11-17-38(36)46)25-39-34-7-4-5-8-35(34)42(58)53-52-39/h4-5,7-8,10-17,23-24,51,60H,2-3,6,9,18-22,25-26,28H2,1H3,(H,53,58)/t44-/m0/s1. The number of amides is 2. The summed E-state index contributed by atoms with van der Waals surface area (Å²) in [7, 11) is -4.21. The van der Waals surface area contributed by atoms with Crippen LogP contribution in [0.5, 0.6) is 0 Å². The summed E-state index contributed by atoms with van der Waals surface area (Å²) in [4.78, 5) is 54.5. The number of carbonyl (C=O) groups is 3. The number of unbranched alkanes of at least 4 members (excludes halogenated alkanes) is 2. The summed E-state index contributed by atoms with van der Waals surface area (Å²) in [6, 6.07) is 21.1. The van der Waals surface area contributed by atoms with Crippen LogP contribution in [0, 0.1) is 17.1 Å². The first-order valence-corrected chi connectivity index (χ1v) is 21.8. The lowest BCUT2D eigenvalue weighted by molar-refractivity contribution is -0.138. The third-order valence-electron chi connectivity index (χ3n) is 10.9. The van der Waals surface area contributed by atoms with Crippen molar-refractivity contribution < 1.29 is 45.5 Å². The average molecular weight is 889 g/mol. The van der Waals surface area contributed by atoms with Crippen LogP contribution in [0.15, 0.2) is 94.6 Å². The molecule has 1 aliphatic rings. The fourth-order valence-corrected chi connectivity index (χ4v) is 8.99. The maximum atomic E-state index is 14.9. The molecule has 4 aromatic carbocycles. The van der Waals surface area contributed by atoms with Gasteiger partial charge in [0.2, 0.25) is 5.91 Å². The fraction of sp³-hybridized carbons (Fsp3) is 0.333. The molecule has 330 valence electrons. The number of nitrogens with one attached hydrogen (secondary N) is 2. The number of sulfone groups is 1. The van der Waals surface area contributed by atoms with Gasteiger partial charge in [-0.25, -0.2) is 17.9 Å². The van der Waals surface area contributed by atoms with Crippen molar-refractivity contribution in [2.45, 2.75) is 62.1 Å². The number of benzene rings is 4. The Balaban J connectivity index is 0.905. The molecule has 2 heterocycles. The van der Waals surface area contributed by atoms with Crippen molar-refractivity contribution in [3.05, 3.63) is 135 Å². The summed E-state index contributed by atoms with van der Waals surface area (Å²) in [6.07, 6.45) is -2.94. The number of rotatable bonds is 16. The lowest BCUT2D eigenvalue weighted by Gasteiger charge is -2.35. The number of hydrogen-bond acceptors (Lipinski definition) is 10. The van der Waals surface area contributed by atoms with Crippen molar-refractivity contribution >= 4 is 43.9 Å². The number of H-pyrrole nitrogens is 1. The van der Waals surface area contributed by atoms with E-state index in [1.54, 1.807) is 35.2 Å². The second kappa shape index (κ2) is 19.3. The van der Waals surface area contributed by atoms with Gasteiger partial charge in [0, 0.05) is 63.1 Å². The molecule has 63 heavy (non-hydrogen) atoms. The Morgan fingerprint density at radius 2 is 1.56 bits per heavy atom. The van der Waals surface area contributed by atoms with E-state index in [9.17, 15) is 50.3 Å². The van der Waals surface area contributed by atoms with Crippen LogP contribution in [-0.4, -0.2) is 95.2 Å². The minimum absolute atomic E-state index is 0.0498. The monoisotopic (exact) mass is 888 g/mol. The molecule has 1 atom stereocenters. The third-order valence-corrected chi connectivity index (χ3v) is 12.8. The molecule has 1 saturated heterocycles. The average Bonchev–Trinajstić information content (AvgIpc) is 3.25. The largest absolute Gasteiger partial charge is 0.417 e. The van der Waals surface area contributed by atoms with Gasteiger partial charge in [0.1, 0.15) is 11.4 Å². The van der Waals surface area contributed by atoms with E-state index in [-0.39, 0.29) is 47.0 Å². The molecule has 1 fully saturated rings. The zero-order valence-electron chi connectivity index (χ0n) is 34.2. The molecule has 18 heteroatoms. The van der Waals surface area contributed by atoms with Crippen molar-refractivity contribution in [1.82, 2.24) is 20.0 Å². The zero-order chi connectivity index (χ0) is 45.5. The summed E-state index contributed by atoms with van der Waals surface area (Å²) in [5.74, 6) is -3.20. The van der Waals surface area contributed by atoms with Crippen LogP contribution in [0.2, 0.25) is 0 Å². The molecule has 3 N–H and O–H groups in total. The highest BCUT2D eigenvalue weighted by Crippen LogP contribution is 2.33. The van der Waals surface area contributed by atoms with Crippen LogP contribution in [0.4, 0.5) is 23.2 Å². The molecule has 13 nitrogen and oxygen atoms in total. The van der Waals surface area contributed by atoms with Gasteiger partial charge in [-0.05, 0) is 85.5 Å². The molecule has 0 unspecified atom stereocenters. The smallest absolute Gasteiger partial charge is 0.385 e. The molecule has 1 aliphatic heterocycles. The number of hydrogen-bond donors (Lipinski definition) is 3. The molecule has 0 saturated carbocycles. The number of carbonyl (C=O) groups excluding carboxylic acids is 3. The Labute approximate surface area is 360 Å². The molecule has 2 amide bonds. The quantitative estimate of drug-likeness (QED) is 0.0801. The van der Waals surface area contributed by atoms with Gasteiger partial charge in [-0.1, -0.05) is 36.8 Å². The number of aromatic amines is 1. The summed E-state index contributed by atoms with van der Waals surface area (Å²) >= 11 is 0. The molecule has 1 aromatic heterocycles. The van der Waals surface area contributed by atoms with E-state index < -0.39 is 62.4 Å². The number of aromatic nitrogens is 2. The topological polar surface area (TPSA) is 194 Å². The number of halogens is 4. The lowest BCUT2D eigenvalue weighted by atomic mass is 9.94. The molecule has 0 spiro atoms. The molecule has 0 radical (unpaired) electrons. The van der Waals surface area contributed by atoms with Gasteiger partial charge in [-0.15, -0.1) is 0 Å². The predicted molar refractivity (Wildman–Crippen MR) is 225 cm³/mol. The number of nitrogens with zero attached hydrogens (tertiary/aromatic N) is 4. The van der Waals surface area contributed by atoms with E-state index in [0.29, 0.717) is 79.1 Å². The normalized spacial score (nSPS) is 14.2. The van der Waals surface area contributed by atoms with Crippen molar-refractivity contribution in [3.8, 4) is 6.07 Å². The number of aliphatic hydroxyl groups is 1. The molecular formula is C45H44F4N6O7S. The first-order valence-electron chi connectivity index (χ1n) is 20.1. The summed E-state index contributed by atoms with van der Waals surface area (Å²) in [6.45, 7) is 2.62. The van der Waals surface area contributed by atoms with Crippen LogP contribution < -0.4 is 10.9 Å². The SMILES string of the molecule is C[C@](O)(CS(=O)(=O)c1ccc(NCCCCCC(=O)N2CCN(C(=O)c3cc(Cc4n[nH]c(=O)c5ccccc45)ccc3F)CC2)cc1)C(=O)Cc1ccc(C#N)c(C(F)(F)F)c1. The number of piperazine rings is 1. The van der Waals surface area contributed by atoms with Crippen LogP contribution in [0.25, 0.3) is 10.8 Å². The minimum Gasteiger partial charge on any atom is -0.385 e. The third kappa shape index (κ3) is 11.3. The zero-order valence-corrected chi connectivity index (χ0v) is 35.0. The van der Waals surface area contributed by atoms with Crippen molar-refractivity contribution in [2.75, 3.05) is 43.8 Å². The van der Waals surface area contributed by atoms with Gasteiger partial charge >= 0.3 is 6.18 Å². The van der Waals surface area contributed by atoms with E-state index in [4.69, 9.17) is 5.26 Å². The fourth-order valence-electron chi connectivity index (χ4n) is 7.37. The van der Waals surface area contributed by atoms with Crippen LogP contribution in [0.1, 0.15) is 70.9 Å². The molecule has 0 bridgehead atoms. The molecule has 6 rings (SSSR count). The van der Waals surface area contributed by atoms with Crippen LogP contribution in [-0.2, 0) is 38.4 Å². The van der Waals surface area contributed by atoms with Gasteiger partial charge < -0.3 is 20.2 Å². The number of Topliss-reactive ketones (excluding diaryl/α,β-unsaturated/α-hetero) is 1. The molecular weight excluding hydrogens is 845 g/mol. The van der Waals surface area contributed by atoms with Crippen molar-refractivity contribution in [3.63, 3.8) is 0 Å². The van der Waals surface area contributed by atoms with Gasteiger partial charge in [0.05, 0.1) is 44.5 Å². The number of anilines is 1. The van der Waals surface area contributed by atoms with Gasteiger partial charge in [0.25, 0.3) is 11.5 Å². The van der Waals surface area contributed by atoms with Crippen molar-refractivity contribution in [2.24, 2.45) is 0 Å². The van der Waals surface area contributed by atoms with Gasteiger partial charge in [-0.2, -0.15) is 23.5 Å². The summed E-state index contributed by atoms with van der Waals surface area (Å²) in [5, 5.41) is 30.8. The second-order valence-electron chi connectivity index (χ2n) is 15.6. The number of ketones is 1. The van der Waals surface area contributed by atoms with Crippen LogP contribution in [0.3, 0.4) is 0 Å². The highest BCUT2D eigenvalue weighted by atomic mass is 32.2. The number of nitriles is 1. The summed E-state index contributed by atoms with van der Waals surface area (Å²) in [5.41, 5.74) is -2.98. The van der Waals surface area contributed by atoms with E-state index in [0.717, 1.165) is 19.1 Å². The lowest BCUT2D eigenvalue weighted by Crippen LogP contribution is -2.50. The Morgan fingerprint density at radius 3 is 2.24 bits per heavy atom. The Morgan fingerprint density at radius 1 is 0.889 bits per heavy atom. The number of alkyl halides is 3.